The molecule has 8 N–H and O–H groups in total. The van der Waals surface area contributed by atoms with Crippen molar-refractivity contribution in [2.24, 2.45) is 16.1 Å². The Kier molecular flexibility index (Phi) is 19.6. The predicted molar refractivity (Wildman–Crippen MR) is 308 cm³/mol. The van der Waals surface area contributed by atoms with E-state index < -0.39 is 114 Å². The van der Waals surface area contributed by atoms with Crippen molar-refractivity contribution in [2.45, 2.75) is 102 Å². The molecule has 0 saturated carbocycles. The van der Waals surface area contributed by atoms with E-state index in [4.69, 9.17) is 19.0 Å². The highest BCUT2D eigenvalue weighted by atomic mass is 16.7. The van der Waals surface area contributed by atoms with E-state index in [1.807, 2.05) is 43.3 Å². The highest BCUT2D eigenvalue weighted by molar-refractivity contribution is 6.03. The van der Waals surface area contributed by atoms with Gasteiger partial charge in [0.25, 0.3) is 0 Å². The largest absolute Gasteiger partial charge is 0.508 e. The summed E-state index contributed by atoms with van der Waals surface area (Å²) in [5.41, 5.74) is 3.58. The number of likely N-dealkylation sites (tertiary alicyclic amines) is 1. The van der Waals surface area contributed by atoms with Crippen LogP contribution in [-0.2, 0) is 53.5 Å². The van der Waals surface area contributed by atoms with Crippen LogP contribution in [0.5, 0.6) is 23.0 Å². The number of aliphatic carboxylic acids is 1. The smallest absolute Gasteiger partial charge is 0.356 e. The Morgan fingerprint density at radius 2 is 1.33 bits per heavy atom. The third-order valence-electron chi connectivity index (χ3n) is 14.6. The van der Waals surface area contributed by atoms with Crippen molar-refractivity contribution >= 4 is 76.4 Å². The zero-order valence-electron chi connectivity index (χ0n) is 48.3. The summed E-state index contributed by atoms with van der Waals surface area (Å²) in [6.07, 6.45) is -0.482. The molecule has 1 fully saturated rings. The number of hydrogen-bond donors (Lipinski definition) is 8. The van der Waals surface area contributed by atoms with E-state index in [9.17, 15) is 63.3 Å². The molecule has 5 amide bonds. The number of carbonyl (C=O) groups excluding carboxylic acids is 9. The third-order valence-corrected chi connectivity index (χ3v) is 14.6. The molecule has 0 aromatic heterocycles. The third kappa shape index (κ3) is 14.6. The lowest BCUT2D eigenvalue weighted by molar-refractivity contribution is -0.145. The number of azo groups is 1. The van der Waals surface area contributed by atoms with Gasteiger partial charge in [0.15, 0.2) is 5.60 Å². The molecule has 456 valence electrons. The number of fused-ring (bicyclic) bond motifs is 6. The average molecular weight is 1200 g/mol. The van der Waals surface area contributed by atoms with Gasteiger partial charge < -0.3 is 65.4 Å². The fourth-order valence-corrected chi connectivity index (χ4v) is 10.0. The Bertz CT molecular complexity index is 3480. The number of nitrogens with one attached hydrogen (secondary N) is 5. The zero-order valence-corrected chi connectivity index (χ0v) is 48.3. The first kappa shape index (κ1) is 62.8. The highest BCUT2D eigenvalue weighted by Crippen LogP contribution is 2.57. The summed E-state index contributed by atoms with van der Waals surface area (Å²) in [5.74, 6) is -9.84. The van der Waals surface area contributed by atoms with E-state index in [1.54, 1.807) is 26.0 Å². The molecule has 5 aromatic rings. The van der Waals surface area contributed by atoms with Crippen molar-refractivity contribution < 1.29 is 82.3 Å². The number of carboxylic acid groups (broad SMARTS) is 1. The number of phenolic OH excluding ortho intramolecular Hbond substituents is 2. The molecule has 5 atom stereocenters. The number of ether oxygens (including phenoxy) is 3. The lowest BCUT2D eigenvalue weighted by atomic mass is 9.77. The first-order chi connectivity index (χ1) is 41.4. The lowest BCUT2D eigenvalue weighted by Gasteiger charge is -2.36. The molecule has 26 heteroatoms. The molecule has 0 radical (unpaired) electrons. The number of esters is 3. The Hall–Kier alpha value is -10.2. The van der Waals surface area contributed by atoms with Gasteiger partial charge in [-0.2, -0.15) is 15.7 Å². The summed E-state index contributed by atoms with van der Waals surface area (Å²) < 4.78 is 17.3. The summed E-state index contributed by atoms with van der Waals surface area (Å²) in [5, 5.41) is 48.8. The van der Waals surface area contributed by atoms with Gasteiger partial charge in [-0.15, -0.1) is 0 Å². The molecule has 0 unspecified atom stereocenters. The molecule has 0 bridgehead atoms. The number of nitrogens with zero attached hydrogens (tertiary/aromatic N) is 4. The van der Waals surface area contributed by atoms with Crippen LogP contribution >= 0.6 is 0 Å². The van der Waals surface area contributed by atoms with E-state index in [0.29, 0.717) is 17.8 Å². The molecule has 3 heterocycles. The molecule has 87 heavy (non-hydrogen) atoms. The normalized spacial score (nSPS) is 15.7. The monoisotopic (exact) mass is 1200 g/mol. The average Bonchev–Trinajstić information content (AvgIpc) is 1.64. The molecule has 26 nitrogen and oxygen atoms in total. The van der Waals surface area contributed by atoms with Gasteiger partial charge in [0, 0.05) is 74.5 Å². The van der Waals surface area contributed by atoms with Crippen LogP contribution in [0.15, 0.2) is 113 Å². The van der Waals surface area contributed by atoms with Gasteiger partial charge in [-0.3, -0.25) is 28.8 Å². The van der Waals surface area contributed by atoms with Gasteiger partial charge in [-0.05, 0) is 136 Å². The van der Waals surface area contributed by atoms with Crippen LogP contribution in [0.4, 0.5) is 17.1 Å². The molecule has 3 aliphatic heterocycles. The van der Waals surface area contributed by atoms with Gasteiger partial charge in [0.2, 0.25) is 29.5 Å². The van der Waals surface area contributed by atoms with Gasteiger partial charge in [-0.25, -0.2) is 19.2 Å². The maximum absolute atomic E-state index is 14.0. The summed E-state index contributed by atoms with van der Waals surface area (Å²) in [7, 11) is 3.87. The van der Waals surface area contributed by atoms with Crippen molar-refractivity contribution in [3.63, 3.8) is 0 Å². The van der Waals surface area contributed by atoms with Crippen molar-refractivity contribution in [1.29, 1.82) is 0 Å². The number of aromatic hydroxyl groups is 2. The lowest BCUT2D eigenvalue weighted by Crippen LogP contribution is -2.58. The van der Waals surface area contributed by atoms with Crippen molar-refractivity contribution in [3.05, 3.63) is 137 Å². The summed E-state index contributed by atoms with van der Waals surface area (Å²) in [6.45, 7) is 6.23. The second-order valence-electron chi connectivity index (χ2n) is 21.5. The summed E-state index contributed by atoms with van der Waals surface area (Å²) in [4.78, 5) is 141. The number of rotatable bonds is 23. The highest BCUT2D eigenvalue weighted by Gasteiger charge is 2.54. The van der Waals surface area contributed by atoms with Crippen LogP contribution in [0.3, 0.4) is 0 Å². The van der Waals surface area contributed by atoms with Gasteiger partial charge in [0.1, 0.15) is 53.2 Å². The number of carboxylic acids is 1. The minimum atomic E-state index is -1.78. The molecule has 8 rings (SSSR count). The fourth-order valence-electron chi connectivity index (χ4n) is 10.0. The van der Waals surface area contributed by atoms with Crippen molar-refractivity contribution in [2.75, 3.05) is 32.1 Å². The van der Waals surface area contributed by atoms with Crippen LogP contribution < -0.4 is 36.4 Å². The van der Waals surface area contributed by atoms with Crippen LogP contribution in [0, 0.1) is 5.92 Å². The Balaban J connectivity index is 0.809. The van der Waals surface area contributed by atoms with Crippen LogP contribution in [0.1, 0.15) is 114 Å². The predicted octanol–water partition coefficient (Wildman–Crippen LogP) is 5.46. The Morgan fingerprint density at radius 3 is 1.94 bits per heavy atom. The van der Waals surface area contributed by atoms with Gasteiger partial charge in [-0.1, -0.05) is 13.8 Å². The van der Waals surface area contributed by atoms with Crippen LogP contribution in [-0.4, -0.2) is 137 Å². The van der Waals surface area contributed by atoms with E-state index in [1.165, 1.54) is 85.5 Å². The maximum Gasteiger partial charge on any atom is 0.356 e. The number of phenols is 2. The van der Waals surface area contributed by atoms with E-state index in [-0.39, 0.29) is 88.7 Å². The molecule has 5 aromatic carbocycles. The molecule has 1 spiro atoms. The molecule has 1 saturated heterocycles. The summed E-state index contributed by atoms with van der Waals surface area (Å²) >= 11 is 0. The first-order valence-corrected chi connectivity index (χ1v) is 27.9. The Labute approximate surface area is 498 Å². The summed E-state index contributed by atoms with van der Waals surface area (Å²) in [6, 6.07) is 19.2. The fraction of sp³-hybridized carbons (Fsp3) is 0.344. The number of benzene rings is 5. The number of hydrogen-bond acceptors (Lipinski definition) is 20. The SMILES string of the molecule is CC(C)[C@H](NC(=O)[C@@H]1CCCN1C(=O)[C@H](C)NC(=O)[C@H](C)NC(=O)CCCNOC(=O)c1ccc(N=Nc2ccc(N(C)C)cc2)cc1)C(=O)N[C@@H](CCC(=O)O)C(=O)OC(=O)c1ccc2c(c1)C1(OC2=O)c2ccc(O)cc2Oc2cc(O)ccc21. The Morgan fingerprint density at radius 1 is 0.713 bits per heavy atom. The number of hydroxylamine groups is 1. The van der Waals surface area contributed by atoms with Crippen LogP contribution in [0.2, 0.25) is 0 Å². The molecule has 3 aliphatic rings. The number of anilines is 1. The molecular weight excluding hydrogens is 1130 g/mol. The first-order valence-electron chi connectivity index (χ1n) is 27.9. The second-order valence-corrected chi connectivity index (χ2v) is 21.5. The zero-order chi connectivity index (χ0) is 62.9. The van der Waals surface area contributed by atoms with Gasteiger partial charge >= 0.3 is 29.8 Å². The van der Waals surface area contributed by atoms with E-state index in [2.05, 4.69) is 37.0 Å². The van der Waals surface area contributed by atoms with Gasteiger partial charge in [0.05, 0.1) is 28.1 Å². The molecule has 0 aliphatic carbocycles. The molecular formula is C61H65N9O17. The standard InChI is InChI=1S/C61H65N9O17/c1-32(2)52(55(78)65-46(25-26-51(74)75)60(83)85-57(80)36-13-22-42-45(29-36)61(86-59(42)82)43-23-20-40(71)30-48(43)84-49-31-41(72)21-24-44(49)61)66-54(77)47-9-8-28-70(47)56(79)34(4)64-53(76)33(3)63-50(73)10-7-27-62-87-58(81)35-11-14-37(15-12-35)67-68-38-16-18-39(19-17-38)69(5)6/h11-24,29-34,46-47,52,62,71-72H,7-10,25-28H2,1-6H3,(H,63,73)(H,64,76)(H,65,78)(H,66,77)(H,74,75)/t33-,34-,46-,47-,52-/m0/s1. The minimum absolute atomic E-state index is 0.0238. The van der Waals surface area contributed by atoms with Crippen molar-refractivity contribution in [1.82, 2.24) is 31.6 Å². The quantitative estimate of drug-likeness (QED) is 0.0100. The van der Waals surface area contributed by atoms with E-state index >= 15 is 0 Å². The van der Waals surface area contributed by atoms with Crippen LogP contribution in [0.25, 0.3) is 0 Å². The maximum atomic E-state index is 14.0. The van der Waals surface area contributed by atoms with Crippen molar-refractivity contribution in [3.8, 4) is 23.0 Å². The topological polar surface area (TPSA) is 360 Å². The number of carbonyl (C=O) groups is 10. The minimum Gasteiger partial charge on any atom is -0.508 e. The van der Waals surface area contributed by atoms with E-state index in [0.717, 1.165) is 5.69 Å². The second kappa shape index (κ2) is 27.2. The number of amides is 5.